The van der Waals surface area contributed by atoms with E-state index in [1.165, 1.54) is 0 Å². The Morgan fingerprint density at radius 2 is 1.88 bits per heavy atom. The first-order valence-corrected chi connectivity index (χ1v) is 8.50. The molecule has 0 aliphatic rings. The Balaban J connectivity index is 1.92. The number of nitrogens with one attached hydrogen (secondary N) is 3. The van der Waals surface area contributed by atoms with Gasteiger partial charge in [0.05, 0.1) is 18.8 Å². The lowest BCUT2D eigenvalue weighted by Crippen LogP contribution is -2.47. The molecule has 0 bridgehead atoms. The fraction of sp³-hybridized carbons (Fsp3) is 0.368. The van der Waals surface area contributed by atoms with Crippen LogP contribution in [0.3, 0.4) is 0 Å². The van der Waals surface area contributed by atoms with Crippen LogP contribution in [-0.2, 0) is 9.59 Å². The first-order chi connectivity index (χ1) is 12.1. The predicted octanol–water partition coefficient (Wildman–Crippen LogP) is 1.99. The van der Waals surface area contributed by atoms with Crippen molar-refractivity contribution >= 4 is 11.8 Å². The maximum atomic E-state index is 12.2. The van der Waals surface area contributed by atoms with Gasteiger partial charge in [-0.2, -0.15) is 0 Å². The van der Waals surface area contributed by atoms with Crippen molar-refractivity contribution in [2.75, 3.05) is 13.1 Å². The van der Waals surface area contributed by atoms with Gasteiger partial charge in [0.1, 0.15) is 11.8 Å². The standard InChI is InChI=1S/C19H25N3O3/c1-3-11-20-19(24)14(2)22-17(23)13-21-18(16-10-7-12-25-16)15-8-5-4-6-9-15/h4-10,12,14,18,21H,3,11,13H2,1-2H3,(H,20,24)(H,22,23)/t14-,18+/m0/s1. The van der Waals surface area contributed by atoms with Crippen molar-refractivity contribution in [3.05, 3.63) is 60.1 Å². The van der Waals surface area contributed by atoms with Crippen molar-refractivity contribution in [2.24, 2.45) is 0 Å². The van der Waals surface area contributed by atoms with Gasteiger partial charge in [0.2, 0.25) is 11.8 Å². The molecule has 25 heavy (non-hydrogen) atoms. The van der Waals surface area contributed by atoms with Crippen LogP contribution in [0.1, 0.15) is 37.6 Å². The molecule has 0 radical (unpaired) electrons. The number of carbonyl (C=O) groups is 2. The Bertz CT molecular complexity index is 656. The van der Waals surface area contributed by atoms with Crippen LogP contribution < -0.4 is 16.0 Å². The van der Waals surface area contributed by atoms with Crippen LogP contribution in [0.4, 0.5) is 0 Å². The predicted molar refractivity (Wildman–Crippen MR) is 95.9 cm³/mol. The lowest BCUT2D eigenvalue weighted by molar-refractivity contribution is -0.128. The third-order valence-electron chi connectivity index (χ3n) is 3.75. The molecule has 6 heteroatoms. The summed E-state index contributed by atoms with van der Waals surface area (Å²) in [4.78, 5) is 24.0. The van der Waals surface area contributed by atoms with Crippen molar-refractivity contribution in [2.45, 2.75) is 32.4 Å². The van der Waals surface area contributed by atoms with Gasteiger partial charge in [-0.3, -0.25) is 14.9 Å². The summed E-state index contributed by atoms with van der Waals surface area (Å²) in [6, 6.07) is 12.6. The number of hydrogen-bond donors (Lipinski definition) is 3. The Morgan fingerprint density at radius 3 is 2.52 bits per heavy atom. The van der Waals surface area contributed by atoms with Crippen molar-refractivity contribution in [3.63, 3.8) is 0 Å². The second-order valence-corrected chi connectivity index (χ2v) is 5.82. The smallest absolute Gasteiger partial charge is 0.242 e. The summed E-state index contributed by atoms with van der Waals surface area (Å²) in [5.74, 6) is 0.306. The fourth-order valence-corrected chi connectivity index (χ4v) is 2.44. The van der Waals surface area contributed by atoms with Gasteiger partial charge in [-0.15, -0.1) is 0 Å². The van der Waals surface area contributed by atoms with E-state index in [0.29, 0.717) is 6.54 Å². The largest absolute Gasteiger partial charge is 0.467 e. The third kappa shape index (κ3) is 5.76. The molecule has 0 aliphatic carbocycles. The minimum absolute atomic E-state index is 0.0751. The minimum Gasteiger partial charge on any atom is -0.467 e. The van der Waals surface area contributed by atoms with Crippen LogP contribution in [0.15, 0.2) is 53.1 Å². The van der Waals surface area contributed by atoms with E-state index in [9.17, 15) is 9.59 Å². The van der Waals surface area contributed by atoms with E-state index in [2.05, 4.69) is 16.0 Å². The van der Waals surface area contributed by atoms with Crippen LogP contribution in [0.25, 0.3) is 0 Å². The molecule has 0 unspecified atom stereocenters. The van der Waals surface area contributed by atoms with Crippen LogP contribution in [0.2, 0.25) is 0 Å². The first kappa shape index (κ1) is 18.7. The average Bonchev–Trinajstić information content (AvgIpc) is 3.15. The fourth-order valence-electron chi connectivity index (χ4n) is 2.44. The molecule has 2 atom stereocenters. The number of amides is 2. The van der Waals surface area contributed by atoms with Crippen LogP contribution >= 0.6 is 0 Å². The summed E-state index contributed by atoms with van der Waals surface area (Å²) in [5, 5.41) is 8.65. The van der Waals surface area contributed by atoms with Crippen molar-refractivity contribution in [1.29, 1.82) is 0 Å². The monoisotopic (exact) mass is 343 g/mol. The first-order valence-electron chi connectivity index (χ1n) is 8.50. The van der Waals surface area contributed by atoms with E-state index < -0.39 is 6.04 Å². The lowest BCUT2D eigenvalue weighted by Gasteiger charge is -2.18. The van der Waals surface area contributed by atoms with Crippen LogP contribution in [-0.4, -0.2) is 30.9 Å². The quantitative estimate of drug-likeness (QED) is 0.650. The molecule has 2 amide bonds. The molecular formula is C19H25N3O3. The normalized spacial score (nSPS) is 13.0. The number of carbonyl (C=O) groups excluding carboxylic acids is 2. The van der Waals surface area contributed by atoms with Crippen LogP contribution in [0, 0.1) is 0 Å². The van der Waals surface area contributed by atoms with E-state index in [4.69, 9.17) is 4.42 Å². The van der Waals surface area contributed by atoms with Gasteiger partial charge in [0.25, 0.3) is 0 Å². The van der Waals surface area contributed by atoms with Gasteiger partial charge in [0, 0.05) is 6.54 Å². The summed E-state index contributed by atoms with van der Waals surface area (Å²) < 4.78 is 5.49. The molecule has 2 rings (SSSR count). The number of rotatable bonds is 9. The zero-order valence-corrected chi connectivity index (χ0v) is 14.6. The second-order valence-electron chi connectivity index (χ2n) is 5.82. The number of benzene rings is 1. The Hall–Kier alpha value is -2.60. The van der Waals surface area contributed by atoms with E-state index in [-0.39, 0.29) is 24.4 Å². The molecule has 6 nitrogen and oxygen atoms in total. The zero-order valence-electron chi connectivity index (χ0n) is 14.6. The molecule has 1 aromatic heterocycles. The van der Waals surface area contributed by atoms with E-state index in [0.717, 1.165) is 17.7 Å². The molecule has 0 aliphatic heterocycles. The zero-order chi connectivity index (χ0) is 18.1. The highest BCUT2D eigenvalue weighted by molar-refractivity contribution is 5.87. The Kier molecular flexibility index (Phi) is 7.22. The van der Waals surface area contributed by atoms with Gasteiger partial charge in [-0.25, -0.2) is 0 Å². The van der Waals surface area contributed by atoms with E-state index in [1.54, 1.807) is 13.2 Å². The Morgan fingerprint density at radius 1 is 1.12 bits per heavy atom. The highest BCUT2D eigenvalue weighted by Gasteiger charge is 2.19. The molecule has 0 saturated heterocycles. The molecule has 0 spiro atoms. The van der Waals surface area contributed by atoms with E-state index in [1.807, 2.05) is 49.4 Å². The van der Waals surface area contributed by atoms with Crippen molar-refractivity contribution in [1.82, 2.24) is 16.0 Å². The molecule has 3 N–H and O–H groups in total. The summed E-state index contributed by atoms with van der Waals surface area (Å²) in [5.41, 5.74) is 0.999. The minimum atomic E-state index is -0.570. The van der Waals surface area contributed by atoms with E-state index >= 15 is 0 Å². The summed E-state index contributed by atoms with van der Waals surface area (Å²) in [7, 11) is 0. The summed E-state index contributed by atoms with van der Waals surface area (Å²) in [6.45, 7) is 4.33. The van der Waals surface area contributed by atoms with Crippen molar-refractivity contribution in [3.8, 4) is 0 Å². The second kappa shape index (κ2) is 9.64. The maximum Gasteiger partial charge on any atom is 0.242 e. The topological polar surface area (TPSA) is 83.4 Å². The van der Waals surface area contributed by atoms with Gasteiger partial charge >= 0.3 is 0 Å². The lowest BCUT2D eigenvalue weighted by atomic mass is 10.0. The van der Waals surface area contributed by atoms with Gasteiger partial charge < -0.3 is 15.1 Å². The van der Waals surface area contributed by atoms with Crippen molar-refractivity contribution < 1.29 is 14.0 Å². The Labute approximate surface area is 148 Å². The molecule has 1 aromatic carbocycles. The highest BCUT2D eigenvalue weighted by atomic mass is 16.3. The van der Waals surface area contributed by atoms with Crippen LogP contribution in [0.5, 0.6) is 0 Å². The average molecular weight is 343 g/mol. The highest BCUT2D eigenvalue weighted by Crippen LogP contribution is 2.21. The number of hydrogen-bond acceptors (Lipinski definition) is 4. The molecular weight excluding hydrogens is 318 g/mol. The maximum absolute atomic E-state index is 12.2. The van der Waals surface area contributed by atoms with Gasteiger partial charge in [-0.05, 0) is 31.0 Å². The van der Waals surface area contributed by atoms with Gasteiger partial charge in [0.15, 0.2) is 0 Å². The SMILES string of the molecule is CCCNC(=O)[C@H](C)NC(=O)CN[C@H](c1ccccc1)c1ccco1. The molecule has 134 valence electrons. The molecule has 0 fully saturated rings. The number of furan rings is 1. The molecule has 2 aromatic rings. The summed E-state index contributed by atoms with van der Waals surface area (Å²) in [6.07, 6.45) is 2.46. The van der Waals surface area contributed by atoms with Gasteiger partial charge in [-0.1, -0.05) is 37.3 Å². The summed E-state index contributed by atoms with van der Waals surface area (Å²) >= 11 is 0. The molecule has 1 heterocycles. The molecule has 0 saturated carbocycles. The third-order valence-corrected chi connectivity index (χ3v) is 3.75.